The number of nitrogens with two attached hydrogens (primary N) is 1. The Morgan fingerprint density at radius 1 is 1.34 bits per heavy atom. The van der Waals surface area contributed by atoms with Crippen LogP contribution < -0.4 is 16.4 Å². The Balaban J connectivity index is 0.00000150. The zero-order valence-corrected chi connectivity index (χ0v) is 18.4. The molecule has 3 atom stereocenters. The minimum atomic E-state index is -0.294. The number of carbonyl (C=O) groups excluding carboxylic acids is 1. The van der Waals surface area contributed by atoms with Crippen molar-refractivity contribution in [3.8, 4) is 0 Å². The summed E-state index contributed by atoms with van der Waals surface area (Å²) in [5, 5.41) is 6.64. The second-order valence-corrected chi connectivity index (χ2v) is 8.13. The SMILES string of the molecule is Cl.Cl.Nc1ncccc1CNC(=O)[C@@]12CC[C@H](N3CCOCC3)C[C@H]1CCNC2. The van der Waals surface area contributed by atoms with E-state index in [-0.39, 0.29) is 36.1 Å². The highest BCUT2D eigenvalue weighted by molar-refractivity contribution is 5.85. The third-order valence-electron chi connectivity index (χ3n) is 6.75. The molecule has 0 radical (unpaired) electrons. The molecule has 4 N–H and O–H groups in total. The predicted octanol–water partition coefficient (Wildman–Crippen LogP) is 1.60. The van der Waals surface area contributed by atoms with E-state index in [1.54, 1.807) is 6.20 Å². The summed E-state index contributed by atoms with van der Waals surface area (Å²) in [5.41, 5.74) is 6.51. The number of hydrogen-bond donors (Lipinski definition) is 3. The van der Waals surface area contributed by atoms with E-state index in [2.05, 4.69) is 20.5 Å². The number of nitrogens with zero attached hydrogens (tertiary/aromatic N) is 2. The maximum atomic E-state index is 13.3. The van der Waals surface area contributed by atoms with Crippen LogP contribution in [0.5, 0.6) is 0 Å². The van der Waals surface area contributed by atoms with Gasteiger partial charge in [0, 0.05) is 44.0 Å². The van der Waals surface area contributed by atoms with Crippen LogP contribution in [0.3, 0.4) is 0 Å². The van der Waals surface area contributed by atoms with E-state index < -0.39 is 0 Å². The Labute approximate surface area is 185 Å². The van der Waals surface area contributed by atoms with Crippen molar-refractivity contribution in [3.63, 3.8) is 0 Å². The molecule has 2 aliphatic heterocycles. The Bertz CT molecular complexity index is 674. The van der Waals surface area contributed by atoms with Gasteiger partial charge in [0.1, 0.15) is 5.82 Å². The number of anilines is 1. The van der Waals surface area contributed by atoms with Gasteiger partial charge in [0.25, 0.3) is 0 Å². The van der Waals surface area contributed by atoms with E-state index in [0.717, 1.165) is 70.6 Å². The van der Waals surface area contributed by atoms with Crippen molar-refractivity contribution < 1.29 is 9.53 Å². The lowest BCUT2D eigenvalue weighted by atomic mass is 9.61. The molecule has 0 bridgehead atoms. The number of hydrogen-bond acceptors (Lipinski definition) is 6. The van der Waals surface area contributed by atoms with Gasteiger partial charge in [-0.25, -0.2) is 4.98 Å². The van der Waals surface area contributed by atoms with Crippen LogP contribution in [0.15, 0.2) is 18.3 Å². The topological polar surface area (TPSA) is 92.5 Å². The highest BCUT2D eigenvalue weighted by atomic mass is 35.5. The highest BCUT2D eigenvalue weighted by Gasteiger charge is 2.50. The van der Waals surface area contributed by atoms with Gasteiger partial charge in [-0.2, -0.15) is 0 Å². The van der Waals surface area contributed by atoms with E-state index in [9.17, 15) is 4.79 Å². The first-order valence-electron chi connectivity index (χ1n) is 10.2. The molecule has 3 heterocycles. The van der Waals surface area contributed by atoms with Gasteiger partial charge in [-0.05, 0) is 44.2 Å². The second kappa shape index (κ2) is 10.8. The van der Waals surface area contributed by atoms with Gasteiger partial charge in [0.05, 0.1) is 18.6 Å². The predicted molar refractivity (Wildman–Crippen MR) is 118 cm³/mol. The first kappa shape index (κ1) is 24.2. The van der Waals surface area contributed by atoms with Crippen molar-refractivity contribution in [2.45, 2.75) is 38.3 Å². The van der Waals surface area contributed by atoms with Crippen LogP contribution in [0.4, 0.5) is 5.82 Å². The summed E-state index contributed by atoms with van der Waals surface area (Å²) in [6.07, 6.45) is 5.89. The lowest BCUT2D eigenvalue weighted by molar-refractivity contribution is -0.140. The summed E-state index contributed by atoms with van der Waals surface area (Å²) in [6, 6.07) is 4.37. The van der Waals surface area contributed by atoms with Crippen molar-refractivity contribution in [2.75, 3.05) is 45.1 Å². The minimum absolute atomic E-state index is 0. The fourth-order valence-corrected chi connectivity index (χ4v) is 5.12. The Morgan fingerprint density at radius 2 is 2.14 bits per heavy atom. The number of nitrogen functional groups attached to an aromatic ring is 1. The van der Waals surface area contributed by atoms with Gasteiger partial charge >= 0.3 is 0 Å². The molecule has 3 fully saturated rings. The molecular weight excluding hydrogens is 413 g/mol. The van der Waals surface area contributed by atoms with Crippen LogP contribution >= 0.6 is 24.8 Å². The second-order valence-electron chi connectivity index (χ2n) is 8.13. The smallest absolute Gasteiger partial charge is 0.228 e. The Kier molecular flexibility index (Phi) is 8.97. The summed E-state index contributed by atoms with van der Waals surface area (Å²) in [6.45, 7) is 5.94. The monoisotopic (exact) mass is 445 g/mol. The molecule has 29 heavy (non-hydrogen) atoms. The fourth-order valence-electron chi connectivity index (χ4n) is 5.12. The molecule has 3 aliphatic rings. The molecule has 7 nitrogen and oxygen atoms in total. The highest BCUT2D eigenvalue weighted by Crippen LogP contribution is 2.46. The van der Waals surface area contributed by atoms with Crippen molar-refractivity contribution >= 4 is 36.5 Å². The average molecular weight is 446 g/mol. The van der Waals surface area contributed by atoms with E-state index >= 15 is 0 Å². The number of aromatic nitrogens is 1. The van der Waals surface area contributed by atoms with Crippen molar-refractivity contribution in [1.82, 2.24) is 20.5 Å². The minimum Gasteiger partial charge on any atom is -0.383 e. The van der Waals surface area contributed by atoms with Crippen LogP contribution in [-0.2, 0) is 16.1 Å². The lowest BCUT2D eigenvalue weighted by Gasteiger charge is -2.50. The Morgan fingerprint density at radius 3 is 2.90 bits per heavy atom. The Hall–Kier alpha value is -1.12. The van der Waals surface area contributed by atoms with Crippen LogP contribution in [0.2, 0.25) is 0 Å². The van der Waals surface area contributed by atoms with E-state index in [1.165, 1.54) is 0 Å². The summed E-state index contributed by atoms with van der Waals surface area (Å²) in [4.78, 5) is 20.0. The number of rotatable bonds is 4. The normalized spacial score (nSPS) is 29.7. The molecule has 9 heteroatoms. The van der Waals surface area contributed by atoms with Gasteiger partial charge in [0.15, 0.2) is 0 Å². The van der Waals surface area contributed by atoms with E-state index in [0.29, 0.717) is 24.3 Å². The third-order valence-corrected chi connectivity index (χ3v) is 6.75. The summed E-state index contributed by atoms with van der Waals surface area (Å²) >= 11 is 0. The third kappa shape index (κ3) is 5.14. The number of pyridine rings is 1. The molecule has 1 aromatic heterocycles. The number of amides is 1. The van der Waals surface area contributed by atoms with Gasteiger partial charge in [-0.1, -0.05) is 6.07 Å². The molecule has 1 saturated carbocycles. The van der Waals surface area contributed by atoms with Crippen LogP contribution in [0.25, 0.3) is 0 Å². The maximum Gasteiger partial charge on any atom is 0.228 e. The largest absolute Gasteiger partial charge is 0.383 e. The summed E-state index contributed by atoms with van der Waals surface area (Å²) < 4.78 is 5.51. The number of piperidine rings is 1. The zero-order chi connectivity index (χ0) is 18.7. The van der Waals surface area contributed by atoms with Gasteiger partial charge in [-0.15, -0.1) is 24.8 Å². The first-order valence-corrected chi connectivity index (χ1v) is 10.2. The number of halogens is 2. The molecule has 1 aromatic rings. The maximum absolute atomic E-state index is 13.3. The average Bonchev–Trinajstić information content (AvgIpc) is 2.73. The molecule has 0 spiro atoms. The van der Waals surface area contributed by atoms with Crippen molar-refractivity contribution in [2.24, 2.45) is 11.3 Å². The van der Waals surface area contributed by atoms with Crippen LogP contribution in [0.1, 0.15) is 31.2 Å². The fraction of sp³-hybridized carbons (Fsp3) is 0.700. The molecule has 164 valence electrons. The summed E-state index contributed by atoms with van der Waals surface area (Å²) in [7, 11) is 0. The number of fused-ring (bicyclic) bond motifs is 1. The quantitative estimate of drug-likeness (QED) is 0.651. The van der Waals surface area contributed by atoms with E-state index in [1.807, 2.05) is 12.1 Å². The van der Waals surface area contributed by atoms with Gasteiger partial charge in [0.2, 0.25) is 5.91 Å². The molecular formula is C20H33Cl2N5O2. The molecule has 1 aliphatic carbocycles. The van der Waals surface area contributed by atoms with Crippen molar-refractivity contribution in [1.29, 1.82) is 0 Å². The van der Waals surface area contributed by atoms with Crippen LogP contribution in [0, 0.1) is 11.3 Å². The number of carbonyl (C=O) groups is 1. The molecule has 0 aromatic carbocycles. The van der Waals surface area contributed by atoms with E-state index in [4.69, 9.17) is 10.5 Å². The number of ether oxygens (including phenoxy) is 1. The van der Waals surface area contributed by atoms with Crippen LogP contribution in [-0.4, -0.2) is 61.2 Å². The summed E-state index contributed by atoms with van der Waals surface area (Å²) in [5.74, 6) is 1.10. The van der Waals surface area contributed by atoms with Gasteiger partial charge in [-0.3, -0.25) is 9.69 Å². The molecule has 0 unspecified atom stereocenters. The first-order chi connectivity index (χ1) is 13.2. The molecule has 4 rings (SSSR count). The standard InChI is InChI=1S/C20H31N5O2.2ClH/c21-18-15(2-1-6-23-18)13-24-19(26)20-5-3-17(25-8-10-27-11-9-25)12-16(20)4-7-22-14-20;;/h1-2,6,16-17,22H,3-5,7-14H2,(H2,21,23)(H,24,26);2*1H/t16-,17+,20-;;/m1../s1. The number of morpholine rings is 1. The number of nitrogens with one attached hydrogen (secondary N) is 2. The zero-order valence-electron chi connectivity index (χ0n) is 16.8. The van der Waals surface area contributed by atoms with Crippen molar-refractivity contribution in [3.05, 3.63) is 23.9 Å². The lowest BCUT2D eigenvalue weighted by Crippen LogP contribution is -2.60. The molecule has 1 amide bonds. The molecule has 2 saturated heterocycles. The van der Waals surface area contributed by atoms with Gasteiger partial charge < -0.3 is 21.1 Å².